The predicted molar refractivity (Wildman–Crippen MR) is 54.3 cm³/mol. The van der Waals surface area contributed by atoms with E-state index in [1.54, 1.807) is 0 Å². The molecule has 0 aromatic heterocycles. The van der Waals surface area contributed by atoms with Gasteiger partial charge in [0.05, 0.1) is 7.11 Å². The normalized spacial score (nSPS) is 12.7. The highest BCUT2D eigenvalue weighted by Gasteiger charge is 2.20. The lowest BCUT2D eigenvalue weighted by atomic mass is 10.1. The number of diazo groups is 1. The van der Waals surface area contributed by atoms with Crippen molar-refractivity contribution in [3.63, 3.8) is 0 Å². The molecule has 0 spiro atoms. The van der Waals surface area contributed by atoms with E-state index in [2.05, 4.69) is 15.0 Å². The summed E-state index contributed by atoms with van der Waals surface area (Å²) in [4.78, 5) is 13.9. The van der Waals surface area contributed by atoms with Crippen LogP contribution < -0.4 is 5.32 Å². The molecular weight excluding hydrogens is 198 g/mol. The van der Waals surface area contributed by atoms with Crippen molar-refractivity contribution in [2.75, 3.05) is 7.11 Å². The summed E-state index contributed by atoms with van der Waals surface area (Å²) in [6.07, 6.45) is 3.12. The lowest BCUT2D eigenvalue weighted by Gasteiger charge is -2.14. The standard InChI is InChI=1S/C9H15N3O3/c1-3-4-5-7(9(14)15-2)12-8(13)6-11-10/h6-7,12H,3-5H2,1-2H3/p+1/b8-6+. The van der Waals surface area contributed by atoms with E-state index in [1.165, 1.54) is 7.11 Å². The van der Waals surface area contributed by atoms with Crippen molar-refractivity contribution in [2.45, 2.75) is 32.2 Å². The second-order valence-electron chi connectivity index (χ2n) is 2.99. The Morgan fingerprint density at radius 2 is 2.40 bits per heavy atom. The number of nitrogens with one attached hydrogen (secondary N) is 1. The second-order valence-corrected chi connectivity index (χ2v) is 2.99. The number of ether oxygens (including phenoxy) is 1. The molecule has 0 saturated carbocycles. The summed E-state index contributed by atoms with van der Waals surface area (Å²) >= 11 is 0. The molecule has 6 heteroatoms. The molecule has 6 nitrogen and oxygen atoms in total. The topological polar surface area (TPSA) is 86.7 Å². The first kappa shape index (κ1) is 13.2. The summed E-state index contributed by atoms with van der Waals surface area (Å²) in [7, 11) is 1.28. The zero-order valence-electron chi connectivity index (χ0n) is 8.93. The molecule has 0 heterocycles. The molecule has 0 aliphatic heterocycles. The maximum absolute atomic E-state index is 11.2. The minimum atomic E-state index is -0.618. The average molecular weight is 214 g/mol. The summed E-state index contributed by atoms with van der Waals surface area (Å²) in [6.45, 7) is 1.99. The van der Waals surface area contributed by atoms with Crippen LogP contribution in [-0.4, -0.2) is 24.2 Å². The third-order valence-electron chi connectivity index (χ3n) is 1.83. The summed E-state index contributed by atoms with van der Waals surface area (Å²) < 4.78 is 4.56. The molecule has 0 saturated heterocycles. The molecule has 1 atom stereocenters. The molecule has 0 aliphatic carbocycles. The van der Waals surface area contributed by atoms with Crippen LogP contribution in [0.1, 0.15) is 26.2 Å². The number of hydrogen-bond donors (Lipinski definition) is 2. The van der Waals surface area contributed by atoms with Crippen LogP contribution in [0.4, 0.5) is 0 Å². The Morgan fingerprint density at radius 1 is 1.73 bits per heavy atom. The maximum Gasteiger partial charge on any atom is 0.409 e. The van der Waals surface area contributed by atoms with Crippen molar-refractivity contribution in [1.29, 1.82) is 5.39 Å². The highest BCUT2D eigenvalue weighted by atomic mass is 16.5. The van der Waals surface area contributed by atoms with Crippen molar-refractivity contribution in [3.8, 4) is 0 Å². The van der Waals surface area contributed by atoms with E-state index in [0.29, 0.717) is 6.42 Å². The van der Waals surface area contributed by atoms with Gasteiger partial charge in [-0.15, -0.1) is 0 Å². The zero-order chi connectivity index (χ0) is 11.7. The van der Waals surface area contributed by atoms with E-state index in [4.69, 9.17) is 10.5 Å². The van der Waals surface area contributed by atoms with Crippen molar-refractivity contribution in [3.05, 3.63) is 17.1 Å². The summed E-state index contributed by atoms with van der Waals surface area (Å²) in [5, 5.41) is 19.8. The van der Waals surface area contributed by atoms with Gasteiger partial charge in [0, 0.05) is 0 Å². The summed E-state index contributed by atoms with van der Waals surface area (Å²) in [5.74, 6) is -0.828. The average Bonchev–Trinajstić information content (AvgIpc) is 2.23. The SMILES string of the molecule is CCCCC(N/C(O)=C\[N+]#N)C(=O)OC. The molecule has 0 fully saturated rings. The van der Waals surface area contributed by atoms with Crippen LogP contribution in [0.3, 0.4) is 0 Å². The van der Waals surface area contributed by atoms with E-state index < -0.39 is 12.0 Å². The number of unbranched alkanes of at least 4 members (excludes halogenated alkanes) is 1. The predicted octanol–water partition coefficient (Wildman–Crippen LogP) is 1.52. The van der Waals surface area contributed by atoms with Crippen LogP contribution in [0.15, 0.2) is 12.1 Å². The van der Waals surface area contributed by atoms with Gasteiger partial charge in [-0.2, -0.15) is 0 Å². The van der Waals surface area contributed by atoms with Gasteiger partial charge < -0.3 is 15.2 Å². The molecule has 0 amide bonds. The van der Waals surface area contributed by atoms with E-state index in [1.807, 2.05) is 6.92 Å². The molecular formula is C9H16N3O3+. The molecule has 15 heavy (non-hydrogen) atoms. The third kappa shape index (κ3) is 5.52. The number of hydrogen-bond acceptors (Lipinski definition) is 5. The fourth-order valence-electron chi connectivity index (χ4n) is 1.07. The number of carbonyl (C=O) groups is 1. The van der Waals surface area contributed by atoms with Gasteiger partial charge in [0.2, 0.25) is 5.39 Å². The Bertz CT molecular complexity index is 270. The number of aliphatic hydroxyl groups is 1. The number of carbonyl (C=O) groups excluding carboxylic acids is 1. The van der Waals surface area contributed by atoms with Gasteiger partial charge in [-0.3, -0.25) is 0 Å². The Balaban J connectivity index is 4.31. The van der Waals surface area contributed by atoms with Crippen LogP contribution in [0.5, 0.6) is 0 Å². The van der Waals surface area contributed by atoms with Crippen molar-refractivity contribution in [1.82, 2.24) is 5.32 Å². The third-order valence-corrected chi connectivity index (χ3v) is 1.83. The van der Waals surface area contributed by atoms with Gasteiger partial charge in [0.1, 0.15) is 6.04 Å². The number of aliphatic hydroxyl groups excluding tert-OH is 1. The summed E-state index contributed by atoms with van der Waals surface area (Å²) in [5.41, 5.74) is 0. The smallest absolute Gasteiger partial charge is 0.409 e. The van der Waals surface area contributed by atoms with Gasteiger partial charge >= 0.3 is 12.2 Å². The zero-order valence-corrected chi connectivity index (χ0v) is 8.93. The molecule has 84 valence electrons. The van der Waals surface area contributed by atoms with Crippen LogP contribution in [0.25, 0.3) is 4.98 Å². The van der Waals surface area contributed by atoms with E-state index in [0.717, 1.165) is 19.0 Å². The minimum absolute atomic E-state index is 0.371. The Morgan fingerprint density at radius 3 is 2.87 bits per heavy atom. The fourth-order valence-corrected chi connectivity index (χ4v) is 1.07. The Hall–Kier alpha value is -1.77. The lowest BCUT2D eigenvalue weighted by molar-refractivity contribution is -0.143. The van der Waals surface area contributed by atoms with Gasteiger partial charge in [0.25, 0.3) is 5.88 Å². The van der Waals surface area contributed by atoms with Crippen molar-refractivity contribution in [2.24, 2.45) is 0 Å². The van der Waals surface area contributed by atoms with E-state index in [9.17, 15) is 4.79 Å². The van der Waals surface area contributed by atoms with Crippen LogP contribution in [0, 0.1) is 5.39 Å². The van der Waals surface area contributed by atoms with Gasteiger partial charge in [-0.25, -0.2) is 4.79 Å². The largest absolute Gasteiger partial charge is 0.490 e. The fraction of sp³-hybridized carbons (Fsp3) is 0.667. The Kier molecular flexibility index (Phi) is 6.72. The highest BCUT2D eigenvalue weighted by Crippen LogP contribution is 2.04. The molecule has 0 aromatic rings. The lowest BCUT2D eigenvalue weighted by Crippen LogP contribution is -2.37. The monoisotopic (exact) mass is 214 g/mol. The molecule has 0 rings (SSSR count). The number of methoxy groups -OCH3 is 1. The molecule has 0 bridgehead atoms. The molecule has 0 radical (unpaired) electrons. The first-order valence-electron chi connectivity index (χ1n) is 4.73. The van der Waals surface area contributed by atoms with Crippen LogP contribution >= 0.6 is 0 Å². The molecule has 2 N–H and O–H groups in total. The van der Waals surface area contributed by atoms with Crippen molar-refractivity contribution < 1.29 is 14.6 Å². The maximum atomic E-state index is 11.2. The molecule has 1 unspecified atom stereocenters. The van der Waals surface area contributed by atoms with Gasteiger partial charge in [-0.05, 0) is 6.42 Å². The van der Waals surface area contributed by atoms with Gasteiger partial charge in [-0.1, -0.05) is 19.8 Å². The van der Waals surface area contributed by atoms with Crippen LogP contribution in [0.2, 0.25) is 0 Å². The van der Waals surface area contributed by atoms with Crippen molar-refractivity contribution >= 4 is 5.97 Å². The molecule has 0 aromatic carbocycles. The Labute approximate surface area is 88.5 Å². The first-order chi connectivity index (χ1) is 7.15. The molecule has 0 aliphatic rings. The minimum Gasteiger partial charge on any atom is -0.490 e. The number of nitrogens with zero attached hydrogens (tertiary/aromatic N) is 2. The second kappa shape index (κ2) is 7.62. The quantitative estimate of drug-likeness (QED) is 0.397. The number of rotatable bonds is 6. The van der Waals surface area contributed by atoms with E-state index in [-0.39, 0.29) is 5.88 Å². The highest BCUT2D eigenvalue weighted by molar-refractivity contribution is 5.75. The first-order valence-corrected chi connectivity index (χ1v) is 4.73. The number of esters is 1. The van der Waals surface area contributed by atoms with Gasteiger partial charge in [0.15, 0.2) is 4.98 Å². The van der Waals surface area contributed by atoms with Crippen LogP contribution in [-0.2, 0) is 9.53 Å². The van der Waals surface area contributed by atoms with E-state index >= 15 is 0 Å². The summed E-state index contributed by atoms with van der Waals surface area (Å²) in [6, 6.07) is -0.618.